The van der Waals surface area contributed by atoms with Gasteiger partial charge in [-0.1, -0.05) is 38.1 Å². The highest BCUT2D eigenvalue weighted by atomic mass is 16.5. The first-order chi connectivity index (χ1) is 10.8. The molecule has 0 spiro atoms. The summed E-state index contributed by atoms with van der Waals surface area (Å²) in [5.41, 5.74) is 1.77. The van der Waals surface area contributed by atoms with E-state index in [0.29, 0.717) is 6.54 Å². The second kappa shape index (κ2) is 6.89. The van der Waals surface area contributed by atoms with E-state index in [1.54, 1.807) is 7.11 Å². The normalized spacial score (nSPS) is 25.5. The zero-order chi connectivity index (χ0) is 17.1. The van der Waals surface area contributed by atoms with Crippen LogP contribution in [-0.4, -0.2) is 36.4 Å². The summed E-state index contributed by atoms with van der Waals surface area (Å²) in [6, 6.07) is 7.74. The highest BCUT2D eigenvalue weighted by Gasteiger charge is 2.58. The van der Waals surface area contributed by atoms with Crippen molar-refractivity contribution in [2.24, 2.45) is 5.41 Å². The average Bonchev–Trinajstić information content (AvgIpc) is 2.54. The Morgan fingerprint density at radius 3 is 2.39 bits per heavy atom. The first-order valence-corrected chi connectivity index (χ1v) is 8.10. The van der Waals surface area contributed by atoms with Crippen molar-refractivity contribution in [3.05, 3.63) is 35.4 Å². The summed E-state index contributed by atoms with van der Waals surface area (Å²) in [5, 5.41) is 15.0. The van der Waals surface area contributed by atoms with E-state index in [-0.39, 0.29) is 29.7 Å². The third kappa shape index (κ3) is 3.67. The molecule has 5 heteroatoms. The van der Waals surface area contributed by atoms with Crippen LogP contribution in [-0.2, 0) is 17.8 Å². The molecule has 0 bridgehead atoms. The topological polar surface area (TPSA) is 70.6 Å². The van der Waals surface area contributed by atoms with Crippen LogP contribution in [0.4, 0.5) is 4.79 Å². The van der Waals surface area contributed by atoms with Crippen molar-refractivity contribution < 1.29 is 14.6 Å². The van der Waals surface area contributed by atoms with Gasteiger partial charge >= 0.3 is 6.03 Å². The quantitative estimate of drug-likeness (QED) is 0.753. The zero-order valence-corrected chi connectivity index (χ0v) is 14.5. The SMILES string of the molecule is COC1(C)CC(NC(=O)NCCc2ccc(CO)cc2)C1(C)C. The van der Waals surface area contributed by atoms with E-state index in [1.807, 2.05) is 24.3 Å². The Hall–Kier alpha value is -1.59. The molecule has 1 aliphatic rings. The van der Waals surface area contributed by atoms with Crippen molar-refractivity contribution in [2.75, 3.05) is 13.7 Å². The van der Waals surface area contributed by atoms with Crippen LogP contribution in [0.1, 0.15) is 38.3 Å². The number of benzene rings is 1. The van der Waals surface area contributed by atoms with Gasteiger partial charge in [-0.3, -0.25) is 0 Å². The monoisotopic (exact) mass is 320 g/mol. The maximum absolute atomic E-state index is 12.0. The number of carbonyl (C=O) groups excluding carboxylic acids is 1. The van der Waals surface area contributed by atoms with Gasteiger partial charge in [0.2, 0.25) is 0 Å². The van der Waals surface area contributed by atoms with Crippen LogP contribution in [0.15, 0.2) is 24.3 Å². The molecule has 128 valence electrons. The predicted molar refractivity (Wildman–Crippen MR) is 90.2 cm³/mol. The van der Waals surface area contributed by atoms with E-state index in [2.05, 4.69) is 31.4 Å². The number of ether oxygens (including phenoxy) is 1. The molecule has 2 amide bonds. The first kappa shape index (κ1) is 17.8. The number of aliphatic hydroxyl groups is 1. The number of hydrogen-bond acceptors (Lipinski definition) is 3. The van der Waals surface area contributed by atoms with Crippen LogP contribution < -0.4 is 10.6 Å². The van der Waals surface area contributed by atoms with Crippen molar-refractivity contribution in [3.8, 4) is 0 Å². The number of hydrogen-bond donors (Lipinski definition) is 3. The van der Waals surface area contributed by atoms with Gasteiger partial charge in [-0.25, -0.2) is 4.79 Å². The number of urea groups is 1. The van der Waals surface area contributed by atoms with Gasteiger partial charge in [0.05, 0.1) is 12.2 Å². The molecule has 5 nitrogen and oxygen atoms in total. The van der Waals surface area contributed by atoms with Crippen LogP contribution in [0.3, 0.4) is 0 Å². The molecular weight excluding hydrogens is 292 g/mol. The lowest BCUT2D eigenvalue weighted by Crippen LogP contribution is -2.69. The van der Waals surface area contributed by atoms with Gasteiger partial charge < -0.3 is 20.5 Å². The fourth-order valence-corrected chi connectivity index (χ4v) is 3.06. The number of carbonyl (C=O) groups is 1. The van der Waals surface area contributed by atoms with E-state index in [9.17, 15) is 4.79 Å². The maximum Gasteiger partial charge on any atom is 0.315 e. The van der Waals surface area contributed by atoms with Gasteiger partial charge in [0.1, 0.15) is 0 Å². The number of methoxy groups -OCH3 is 1. The molecule has 0 saturated heterocycles. The molecule has 0 aromatic heterocycles. The lowest BCUT2D eigenvalue weighted by atomic mass is 9.56. The lowest BCUT2D eigenvalue weighted by molar-refractivity contribution is -0.177. The molecule has 0 aliphatic heterocycles. The Morgan fingerprint density at radius 1 is 1.26 bits per heavy atom. The molecule has 2 rings (SSSR count). The third-order valence-corrected chi connectivity index (χ3v) is 5.49. The fraction of sp³-hybridized carbons (Fsp3) is 0.611. The average molecular weight is 320 g/mol. The van der Waals surface area contributed by atoms with Crippen LogP contribution in [0.5, 0.6) is 0 Å². The van der Waals surface area contributed by atoms with Crippen LogP contribution in [0, 0.1) is 5.41 Å². The summed E-state index contributed by atoms with van der Waals surface area (Å²) < 4.78 is 5.57. The van der Waals surface area contributed by atoms with E-state index >= 15 is 0 Å². The van der Waals surface area contributed by atoms with E-state index < -0.39 is 0 Å². The largest absolute Gasteiger partial charge is 0.392 e. The summed E-state index contributed by atoms with van der Waals surface area (Å²) in [7, 11) is 1.72. The first-order valence-electron chi connectivity index (χ1n) is 8.10. The van der Waals surface area contributed by atoms with Crippen LogP contribution >= 0.6 is 0 Å². The molecule has 1 saturated carbocycles. The number of rotatable bonds is 6. The summed E-state index contributed by atoms with van der Waals surface area (Å²) in [6.07, 6.45) is 1.59. The molecule has 1 aromatic carbocycles. The standard InChI is InChI=1S/C18H28N2O3/c1-17(2)15(11-18(17,3)23-4)20-16(22)19-10-9-13-5-7-14(12-21)8-6-13/h5-8,15,21H,9-12H2,1-4H3,(H2,19,20,22). The smallest absolute Gasteiger partial charge is 0.315 e. The van der Waals surface area contributed by atoms with Gasteiger partial charge in [-0.2, -0.15) is 0 Å². The molecule has 3 N–H and O–H groups in total. The Kier molecular flexibility index (Phi) is 5.32. The Balaban J connectivity index is 1.73. The second-order valence-electron chi connectivity index (χ2n) is 7.04. The van der Waals surface area contributed by atoms with Gasteiger partial charge in [0, 0.05) is 25.1 Å². The highest BCUT2D eigenvalue weighted by Crippen LogP contribution is 2.51. The van der Waals surface area contributed by atoms with Gasteiger partial charge in [-0.05, 0) is 30.9 Å². The zero-order valence-electron chi connectivity index (χ0n) is 14.5. The minimum atomic E-state index is -0.181. The minimum Gasteiger partial charge on any atom is -0.392 e. The molecule has 2 atom stereocenters. The summed E-state index contributed by atoms with van der Waals surface area (Å²) in [6.45, 7) is 6.96. The summed E-state index contributed by atoms with van der Waals surface area (Å²) >= 11 is 0. The Labute approximate surface area is 138 Å². The third-order valence-electron chi connectivity index (χ3n) is 5.49. The molecule has 0 radical (unpaired) electrons. The molecule has 1 fully saturated rings. The van der Waals surface area contributed by atoms with Crippen molar-refractivity contribution in [3.63, 3.8) is 0 Å². The van der Waals surface area contributed by atoms with Crippen molar-refractivity contribution in [2.45, 2.75) is 51.9 Å². The number of amides is 2. The molecular formula is C18H28N2O3. The van der Waals surface area contributed by atoms with Gasteiger partial charge in [0.15, 0.2) is 0 Å². The summed E-state index contributed by atoms with van der Waals surface area (Å²) in [4.78, 5) is 12.0. The van der Waals surface area contributed by atoms with E-state index in [4.69, 9.17) is 9.84 Å². The van der Waals surface area contributed by atoms with E-state index in [1.165, 1.54) is 0 Å². The molecule has 0 heterocycles. The molecule has 2 unspecified atom stereocenters. The Bertz CT molecular complexity index is 542. The van der Waals surface area contributed by atoms with Crippen LogP contribution in [0.25, 0.3) is 0 Å². The van der Waals surface area contributed by atoms with Crippen molar-refractivity contribution in [1.29, 1.82) is 0 Å². The van der Waals surface area contributed by atoms with Gasteiger partial charge in [0.25, 0.3) is 0 Å². The predicted octanol–water partition coefficient (Wildman–Crippen LogP) is 2.22. The second-order valence-corrected chi connectivity index (χ2v) is 7.04. The molecule has 1 aromatic rings. The highest BCUT2D eigenvalue weighted by molar-refractivity contribution is 5.74. The summed E-state index contributed by atoms with van der Waals surface area (Å²) in [5.74, 6) is 0. The molecule has 1 aliphatic carbocycles. The number of aliphatic hydroxyl groups excluding tert-OH is 1. The van der Waals surface area contributed by atoms with Gasteiger partial charge in [-0.15, -0.1) is 0 Å². The minimum absolute atomic E-state index is 0.0541. The lowest BCUT2D eigenvalue weighted by Gasteiger charge is -2.59. The maximum atomic E-state index is 12.0. The fourth-order valence-electron chi connectivity index (χ4n) is 3.06. The van der Waals surface area contributed by atoms with Crippen molar-refractivity contribution in [1.82, 2.24) is 10.6 Å². The van der Waals surface area contributed by atoms with Crippen LogP contribution in [0.2, 0.25) is 0 Å². The Morgan fingerprint density at radius 2 is 1.87 bits per heavy atom. The molecule has 23 heavy (non-hydrogen) atoms. The van der Waals surface area contributed by atoms with E-state index in [0.717, 1.165) is 24.0 Å². The van der Waals surface area contributed by atoms with Crippen molar-refractivity contribution >= 4 is 6.03 Å². The number of nitrogens with one attached hydrogen (secondary N) is 2.